The molecule has 0 saturated heterocycles. The maximum Gasteiger partial charge on any atom is 0.212 e. The Hall–Kier alpha value is -3.94. The predicted octanol–water partition coefficient (Wildman–Crippen LogP) is 4.16. The maximum atomic E-state index is 14.2. The van der Waals surface area contributed by atoms with E-state index in [1.54, 1.807) is 6.07 Å². The Balaban J connectivity index is 1.92. The molecule has 0 aliphatic rings. The summed E-state index contributed by atoms with van der Waals surface area (Å²) in [5.41, 5.74) is 1.44. The molecule has 4 rings (SSSR count). The summed E-state index contributed by atoms with van der Waals surface area (Å²) in [7, 11) is 0. The minimum atomic E-state index is -1.02. The summed E-state index contributed by atoms with van der Waals surface area (Å²) in [6.45, 7) is 3.69. The Kier molecular flexibility index (Phi) is 4.83. The maximum absolute atomic E-state index is 14.2. The zero-order chi connectivity index (χ0) is 21.4. The molecule has 0 radical (unpaired) electrons. The first kappa shape index (κ1) is 19.4. The lowest BCUT2D eigenvalue weighted by atomic mass is 10.0. The highest BCUT2D eigenvalue weighted by Gasteiger charge is 2.20. The van der Waals surface area contributed by atoms with Crippen LogP contribution in [0.3, 0.4) is 0 Å². The van der Waals surface area contributed by atoms with E-state index in [-0.39, 0.29) is 22.3 Å². The van der Waals surface area contributed by atoms with Crippen LogP contribution in [0.25, 0.3) is 22.7 Å². The Bertz CT molecular complexity index is 1370. The number of aromatic nitrogens is 3. The second-order valence-corrected chi connectivity index (χ2v) is 6.83. The Morgan fingerprint density at radius 2 is 1.83 bits per heavy atom. The van der Waals surface area contributed by atoms with Crippen LogP contribution in [0.1, 0.15) is 27.0 Å². The van der Waals surface area contributed by atoms with Gasteiger partial charge in [-0.1, -0.05) is 6.07 Å². The molecule has 0 atom stereocenters. The fourth-order valence-corrected chi connectivity index (χ4v) is 3.25. The van der Waals surface area contributed by atoms with Crippen molar-refractivity contribution in [2.75, 3.05) is 0 Å². The summed E-state index contributed by atoms with van der Waals surface area (Å²) in [5, 5.41) is 7.68. The molecular formula is C22H15F2N3O3. The summed E-state index contributed by atoms with van der Waals surface area (Å²) >= 11 is 0. The van der Waals surface area contributed by atoms with Crippen LogP contribution in [0, 0.1) is 25.5 Å². The summed E-state index contributed by atoms with van der Waals surface area (Å²) in [5.74, 6) is -2.59. The molecule has 30 heavy (non-hydrogen) atoms. The molecule has 0 amide bonds. The third-order valence-electron chi connectivity index (χ3n) is 4.63. The first-order valence-electron chi connectivity index (χ1n) is 8.94. The van der Waals surface area contributed by atoms with E-state index in [1.807, 2.05) is 19.9 Å². The number of rotatable bonds is 4. The third-order valence-corrected chi connectivity index (χ3v) is 4.63. The van der Waals surface area contributed by atoms with Gasteiger partial charge in [0, 0.05) is 6.07 Å². The van der Waals surface area contributed by atoms with E-state index in [9.17, 15) is 18.4 Å². The number of benzene rings is 2. The van der Waals surface area contributed by atoms with Crippen molar-refractivity contribution in [1.82, 2.24) is 14.8 Å². The van der Waals surface area contributed by atoms with Crippen molar-refractivity contribution in [2.45, 2.75) is 13.8 Å². The number of carbonyl (C=O) groups is 1. The van der Waals surface area contributed by atoms with E-state index < -0.39 is 17.4 Å². The highest BCUT2D eigenvalue weighted by Crippen LogP contribution is 2.22. The molecule has 2 heterocycles. The van der Waals surface area contributed by atoms with Gasteiger partial charge in [-0.05, 0) is 49.2 Å². The van der Waals surface area contributed by atoms with Crippen LogP contribution in [0.2, 0.25) is 0 Å². The molecule has 8 heteroatoms. The summed E-state index contributed by atoms with van der Waals surface area (Å²) in [6.07, 6.45) is 4.99. The van der Waals surface area contributed by atoms with Gasteiger partial charge < -0.3 is 4.42 Å². The summed E-state index contributed by atoms with van der Waals surface area (Å²) < 4.78 is 34.3. The number of fused-ring (bicyclic) bond motifs is 1. The van der Waals surface area contributed by atoms with Gasteiger partial charge in [0.05, 0.1) is 22.2 Å². The minimum Gasteiger partial charge on any atom is -0.463 e. The zero-order valence-electron chi connectivity index (χ0n) is 16.0. The number of nitrogens with zero attached hydrogens (tertiary/aromatic N) is 3. The van der Waals surface area contributed by atoms with E-state index in [1.165, 1.54) is 29.6 Å². The van der Waals surface area contributed by atoms with Crippen molar-refractivity contribution in [1.29, 1.82) is 0 Å². The Morgan fingerprint density at radius 3 is 2.53 bits per heavy atom. The summed E-state index contributed by atoms with van der Waals surface area (Å²) in [4.78, 5) is 26.1. The number of aryl methyl sites for hydroxylation is 2. The van der Waals surface area contributed by atoms with Gasteiger partial charge in [-0.25, -0.2) is 8.78 Å². The molecule has 0 fully saturated rings. The molecule has 4 aromatic rings. The van der Waals surface area contributed by atoms with Crippen LogP contribution in [0.15, 0.2) is 58.5 Å². The monoisotopic (exact) mass is 407 g/mol. The largest absolute Gasteiger partial charge is 0.463 e. The lowest BCUT2D eigenvalue weighted by Crippen LogP contribution is -2.12. The molecule has 0 saturated carbocycles. The van der Waals surface area contributed by atoms with Gasteiger partial charge in [0.1, 0.15) is 36.1 Å². The van der Waals surface area contributed by atoms with E-state index in [0.29, 0.717) is 17.0 Å². The van der Waals surface area contributed by atoms with Gasteiger partial charge in [-0.3, -0.25) is 14.2 Å². The quantitative estimate of drug-likeness (QED) is 0.375. The first-order valence-corrected chi connectivity index (χ1v) is 8.94. The van der Waals surface area contributed by atoms with Crippen molar-refractivity contribution in [3.63, 3.8) is 0 Å². The van der Waals surface area contributed by atoms with E-state index >= 15 is 0 Å². The lowest BCUT2D eigenvalue weighted by molar-refractivity contribution is 0.104. The van der Waals surface area contributed by atoms with Crippen molar-refractivity contribution in [3.8, 4) is 0 Å². The lowest BCUT2D eigenvalue weighted by Gasteiger charge is -2.09. The highest BCUT2D eigenvalue weighted by atomic mass is 19.1. The molecule has 2 aromatic carbocycles. The molecule has 0 unspecified atom stereocenters. The molecule has 0 aliphatic carbocycles. The predicted molar refractivity (Wildman–Crippen MR) is 107 cm³/mol. The molecule has 0 spiro atoms. The van der Waals surface area contributed by atoms with Gasteiger partial charge in [-0.2, -0.15) is 0 Å². The average Bonchev–Trinajstić information content (AvgIpc) is 3.22. The number of Topliss-reactive ketones (excluding diaryl/α,β-unsaturated/α-hetero) is 1. The molecular weight excluding hydrogens is 392 g/mol. The Labute approximate surface area is 169 Å². The summed E-state index contributed by atoms with van der Waals surface area (Å²) in [6, 6.07) is 6.24. The molecule has 0 bridgehead atoms. The van der Waals surface area contributed by atoms with E-state index in [0.717, 1.165) is 23.3 Å². The number of hydrogen-bond donors (Lipinski definition) is 0. The van der Waals surface area contributed by atoms with Crippen LogP contribution in [-0.4, -0.2) is 20.5 Å². The third kappa shape index (κ3) is 3.43. The van der Waals surface area contributed by atoms with Gasteiger partial charge in [-0.15, -0.1) is 10.2 Å². The molecule has 0 aliphatic heterocycles. The van der Waals surface area contributed by atoms with E-state index in [4.69, 9.17) is 4.42 Å². The zero-order valence-corrected chi connectivity index (χ0v) is 16.0. The van der Waals surface area contributed by atoms with Crippen LogP contribution >= 0.6 is 0 Å². The Morgan fingerprint density at radius 1 is 1.10 bits per heavy atom. The van der Waals surface area contributed by atoms with Gasteiger partial charge in [0.15, 0.2) is 5.43 Å². The fourth-order valence-electron chi connectivity index (χ4n) is 3.25. The van der Waals surface area contributed by atoms with Gasteiger partial charge in [0.25, 0.3) is 0 Å². The fraction of sp³-hybridized carbons (Fsp3) is 0.0909. The molecule has 150 valence electrons. The average molecular weight is 407 g/mol. The topological polar surface area (TPSA) is 78.0 Å². The number of allylic oxidation sites excluding steroid dienone is 1. The van der Waals surface area contributed by atoms with Crippen LogP contribution < -0.4 is 5.43 Å². The van der Waals surface area contributed by atoms with Crippen LogP contribution in [-0.2, 0) is 0 Å². The standard InChI is InChI=1S/C22H15F2N3O3/c1-12-5-13(2)22-17(6-12)20(28)14(9-30-22)7-19(27-10-25-26-11-27)21(29)16-4-3-15(23)8-18(16)24/h3-11H,1-2H3/b19-7-. The van der Waals surface area contributed by atoms with Crippen molar-refractivity contribution in [3.05, 3.63) is 93.4 Å². The highest BCUT2D eigenvalue weighted by molar-refractivity contribution is 6.28. The van der Waals surface area contributed by atoms with Gasteiger partial charge in [0.2, 0.25) is 5.78 Å². The van der Waals surface area contributed by atoms with Crippen LogP contribution in [0.4, 0.5) is 8.78 Å². The normalized spacial score (nSPS) is 11.8. The first-order chi connectivity index (χ1) is 14.3. The number of hydrogen-bond acceptors (Lipinski definition) is 5. The number of carbonyl (C=O) groups excluding carboxylic acids is 1. The second-order valence-electron chi connectivity index (χ2n) is 6.83. The van der Waals surface area contributed by atoms with Crippen molar-refractivity contribution >= 4 is 28.5 Å². The van der Waals surface area contributed by atoms with Crippen molar-refractivity contribution in [2.24, 2.45) is 0 Å². The minimum absolute atomic E-state index is 0.0899. The molecule has 2 aromatic heterocycles. The van der Waals surface area contributed by atoms with Gasteiger partial charge >= 0.3 is 0 Å². The van der Waals surface area contributed by atoms with Crippen molar-refractivity contribution < 1.29 is 18.0 Å². The van der Waals surface area contributed by atoms with E-state index in [2.05, 4.69) is 10.2 Å². The second kappa shape index (κ2) is 7.47. The SMILES string of the molecule is Cc1cc(C)c2occ(/C=C(/C(=O)c3ccc(F)cc3F)n3cnnc3)c(=O)c2c1. The van der Waals surface area contributed by atoms with Crippen LogP contribution in [0.5, 0.6) is 0 Å². The number of halogens is 2. The number of ketones is 1. The molecule has 0 N–H and O–H groups in total. The smallest absolute Gasteiger partial charge is 0.212 e. The molecule has 6 nitrogen and oxygen atoms in total.